The van der Waals surface area contributed by atoms with Crippen molar-refractivity contribution < 1.29 is 5.11 Å². The first-order valence-electron chi connectivity index (χ1n) is 4.73. The Labute approximate surface area is 69.0 Å². The summed E-state index contributed by atoms with van der Waals surface area (Å²) in [6.45, 7) is 4.26. The van der Waals surface area contributed by atoms with Crippen LogP contribution in [-0.2, 0) is 0 Å². The van der Waals surface area contributed by atoms with Crippen molar-refractivity contribution in [3.8, 4) is 0 Å². The molecule has 0 aromatic heterocycles. The predicted molar refractivity (Wildman–Crippen MR) is 46.5 cm³/mol. The van der Waals surface area contributed by atoms with Crippen molar-refractivity contribution in [2.75, 3.05) is 13.1 Å². The van der Waals surface area contributed by atoms with Crippen LogP contribution in [0.5, 0.6) is 0 Å². The second kappa shape index (κ2) is 4.73. The summed E-state index contributed by atoms with van der Waals surface area (Å²) in [5, 5.41) is 12.8. The summed E-state index contributed by atoms with van der Waals surface area (Å²) in [7, 11) is 0. The van der Waals surface area contributed by atoms with Crippen LogP contribution in [0.3, 0.4) is 0 Å². The largest absolute Gasteiger partial charge is 0.393 e. The lowest BCUT2D eigenvalue weighted by Gasteiger charge is -2.14. The lowest BCUT2D eigenvalue weighted by molar-refractivity contribution is 0.132. The van der Waals surface area contributed by atoms with Crippen LogP contribution in [0.25, 0.3) is 0 Å². The zero-order chi connectivity index (χ0) is 8.10. The standard InChI is InChI=1S/C9H19NO/c1-2-6-10-7-8-4-3-5-9(8)11/h8-11H,2-7H2,1H3/t8-,9-/m0/s1. The molecular weight excluding hydrogens is 138 g/mol. The van der Waals surface area contributed by atoms with Crippen molar-refractivity contribution in [3.63, 3.8) is 0 Å². The van der Waals surface area contributed by atoms with Gasteiger partial charge in [-0.1, -0.05) is 13.3 Å². The van der Waals surface area contributed by atoms with E-state index in [0.29, 0.717) is 5.92 Å². The van der Waals surface area contributed by atoms with Gasteiger partial charge in [0, 0.05) is 6.54 Å². The lowest BCUT2D eigenvalue weighted by atomic mass is 10.1. The van der Waals surface area contributed by atoms with E-state index >= 15 is 0 Å². The molecule has 1 aliphatic rings. The van der Waals surface area contributed by atoms with Gasteiger partial charge in [-0.25, -0.2) is 0 Å². The summed E-state index contributed by atoms with van der Waals surface area (Å²) in [6, 6.07) is 0. The molecule has 0 saturated heterocycles. The number of rotatable bonds is 4. The van der Waals surface area contributed by atoms with E-state index in [1.54, 1.807) is 0 Å². The van der Waals surface area contributed by atoms with Gasteiger partial charge >= 0.3 is 0 Å². The topological polar surface area (TPSA) is 32.3 Å². The van der Waals surface area contributed by atoms with Gasteiger partial charge in [0.1, 0.15) is 0 Å². The molecule has 1 rings (SSSR count). The third-order valence-electron chi connectivity index (χ3n) is 2.45. The van der Waals surface area contributed by atoms with Crippen LogP contribution in [0.15, 0.2) is 0 Å². The average Bonchev–Trinajstić information content (AvgIpc) is 2.37. The Balaban J connectivity index is 2.05. The van der Waals surface area contributed by atoms with E-state index in [1.165, 1.54) is 19.3 Å². The van der Waals surface area contributed by atoms with Crippen LogP contribution in [0.2, 0.25) is 0 Å². The smallest absolute Gasteiger partial charge is 0.0580 e. The van der Waals surface area contributed by atoms with Crippen LogP contribution < -0.4 is 5.32 Å². The van der Waals surface area contributed by atoms with Gasteiger partial charge in [0.2, 0.25) is 0 Å². The van der Waals surface area contributed by atoms with E-state index in [-0.39, 0.29) is 6.10 Å². The van der Waals surface area contributed by atoms with Crippen molar-refractivity contribution in [2.45, 2.75) is 38.7 Å². The molecule has 0 aromatic rings. The van der Waals surface area contributed by atoms with Crippen molar-refractivity contribution in [1.29, 1.82) is 0 Å². The summed E-state index contributed by atoms with van der Waals surface area (Å²) < 4.78 is 0. The van der Waals surface area contributed by atoms with E-state index in [9.17, 15) is 5.11 Å². The van der Waals surface area contributed by atoms with Gasteiger partial charge in [-0.2, -0.15) is 0 Å². The van der Waals surface area contributed by atoms with Crippen molar-refractivity contribution in [3.05, 3.63) is 0 Å². The van der Waals surface area contributed by atoms with Gasteiger partial charge in [-0.3, -0.25) is 0 Å². The molecule has 1 saturated carbocycles. The normalized spacial score (nSPS) is 31.1. The Bertz CT molecular complexity index is 106. The van der Waals surface area contributed by atoms with Crippen LogP contribution in [0.1, 0.15) is 32.6 Å². The summed E-state index contributed by atoms with van der Waals surface area (Å²) >= 11 is 0. The predicted octanol–water partition coefficient (Wildman–Crippen LogP) is 1.15. The highest BCUT2D eigenvalue weighted by atomic mass is 16.3. The number of hydrogen-bond donors (Lipinski definition) is 2. The average molecular weight is 157 g/mol. The molecule has 0 unspecified atom stereocenters. The molecule has 2 nitrogen and oxygen atoms in total. The molecule has 0 spiro atoms. The first kappa shape index (κ1) is 9.01. The van der Waals surface area contributed by atoms with E-state index in [0.717, 1.165) is 19.5 Å². The molecule has 0 amide bonds. The van der Waals surface area contributed by atoms with Gasteiger partial charge < -0.3 is 10.4 Å². The zero-order valence-electron chi connectivity index (χ0n) is 7.34. The number of hydrogen-bond acceptors (Lipinski definition) is 2. The Morgan fingerprint density at radius 3 is 2.82 bits per heavy atom. The maximum absolute atomic E-state index is 9.45. The van der Waals surface area contributed by atoms with Gasteiger partial charge in [0.05, 0.1) is 6.10 Å². The van der Waals surface area contributed by atoms with E-state index < -0.39 is 0 Å². The van der Waals surface area contributed by atoms with Gasteiger partial charge in [-0.15, -0.1) is 0 Å². The Hall–Kier alpha value is -0.0800. The molecule has 0 heterocycles. The SMILES string of the molecule is CCCNC[C@@H]1CCC[C@@H]1O. The second-order valence-corrected chi connectivity index (χ2v) is 3.46. The molecule has 0 aromatic carbocycles. The summed E-state index contributed by atoms with van der Waals surface area (Å²) in [4.78, 5) is 0. The van der Waals surface area contributed by atoms with Crippen LogP contribution >= 0.6 is 0 Å². The number of aliphatic hydroxyl groups is 1. The zero-order valence-corrected chi connectivity index (χ0v) is 7.34. The number of aliphatic hydroxyl groups excluding tert-OH is 1. The van der Waals surface area contributed by atoms with Crippen LogP contribution in [-0.4, -0.2) is 24.3 Å². The fourth-order valence-electron chi connectivity index (χ4n) is 1.72. The maximum Gasteiger partial charge on any atom is 0.0580 e. The fraction of sp³-hybridized carbons (Fsp3) is 1.00. The molecule has 0 radical (unpaired) electrons. The van der Waals surface area contributed by atoms with E-state index in [4.69, 9.17) is 0 Å². The minimum Gasteiger partial charge on any atom is -0.393 e. The van der Waals surface area contributed by atoms with Gasteiger partial charge in [0.15, 0.2) is 0 Å². The summed E-state index contributed by atoms with van der Waals surface area (Å²) in [5.41, 5.74) is 0. The molecular formula is C9H19NO. The van der Waals surface area contributed by atoms with Gasteiger partial charge in [0.25, 0.3) is 0 Å². The third kappa shape index (κ3) is 2.80. The molecule has 0 bridgehead atoms. The maximum atomic E-state index is 9.45. The Morgan fingerprint density at radius 1 is 1.45 bits per heavy atom. The monoisotopic (exact) mass is 157 g/mol. The fourth-order valence-corrected chi connectivity index (χ4v) is 1.72. The second-order valence-electron chi connectivity index (χ2n) is 3.46. The highest BCUT2D eigenvalue weighted by Gasteiger charge is 2.24. The summed E-state index contributed by atoms with van der Waals surface area (Å²) in [5.74, 6) is 0.529. The Kier molecular flexibility index (Phi) is 3.87. The minimum atomic E-state index is -0.0284. The molecule has 2 N–H and O–H groups in total. The molecule has 2 heteroatoms. The molecule has 1 fully saturated rings. The molecule has 2 atom stereocenters. The lowest BCUT2D eigenvalue weighted by Crippen LogP contribution is -2.28. The Morgan fingerprint density at radius 2 is 2.27 bits per heavy atom. The first-order chi connectivity index (χ1) is 5.34. The van der Waals surface area contributed by atoms with Crippen LogP contribution in [0.4, 0.5) is 0 Å². The first-order valence-corrected chi connectivity index (χ1v) is 4.73. The molecule has 0 aliphatic heterocycles. The van der Waals surface area contributed by atoms with E-state index in [2.05, 4.69) is 12.2 Å². The van der Waals surface area contributed by atoms with Gasteiger partial charge in [-0.05, 0) is 31.7 Å². The van der Waals surface area contributed by atoms with Crippen molar-refractivity contribution in [2.24, 2.45) is 5.92 Å². The summed E-state index contributed by atoms with van der Waals surface area (Å²) in [6.07, 6.45) is 4.58. The minimum absolute atomic E-state index is 0.0284. The molecule has 11 heavy (non-hydrogen) atoms. The van der Waals surface area contributed by atoms with Crippen molar-refractivity contribution in [1.82, 2.24) is 5.32 Å². The highest BCUT2D eigenvalue weighted by Crippen LogP contribution is 2.24. The quantitative estimate of drug-likeness (QED) is 0.600. The van der Waals surface area contributed by atoms with Crippen molar-refractivity contribution >= 4 is 0 Å². The highest BCUT2D eigenvalue weighted by molar-refractivity contribution is 4.77. The third-order valence-corrected chi connectivity index (χ3v) is 2.45. The van der Waals surface area contributed by atoms with Crippen LogP contribution in [0, 0.1) is 5.92 Å². The molecule has 1 aliphatic carbocycles. The number of nitrogens with one attached hydrogen (secondary N) is 1. The van der Waals surface area contributed by atoms with E-state index in [1.807, 2.05) is 0 Å². The molecule has 66 valence electrons.